The van der Waals surface area contributed by atoms with E-state index in [0.717, 1.165) is 76.0 Å². The molecule has 2 N–H and O–H groups in total. The molecular weight excluding hydrogens is 875 g/mol. The minimum atomic E-state index is -4.08. The van der Waals surface area contributed by atoms with E-state index in [9.17, 15) is 28.1 Å². The molecule has 20 heteroatoms. The molecule has 3 aliphatic heterocycles. The number of likely N-dealkylation sites (tertiary alicyclic amines) is 1. The number of amides is 3. The molecule has 0 radical (unpaired) electrons. The fraction of sp³-hybridized carbons (Fsp3) is 0.478. The van der Waals surface area contributed by atoms with Gasteiger partial charge < -0.3 is 14.4 Å². The largest absolute Gasteiger partial charge is 0.453 e. The van der Waals surface area contributed by atoms with Gasteiger partial charge in [-0.3, -0.25) is 33.8 Å². The van der Waals surface area contributed by atoms with E-state index in [1.807, 2.05) is 12.1 Å². The van der Waals surface area contributed by atoms with Crippen LogP contribution in [0.25, 0.3) is 21.8 Å². The molecule has 5 aromatic rings. The van der Waals surface area contributed by atoms with Crippen molar-refractivity contribution in [1.29, 1.82) is 5.26 Å². The van der Waals surface area contributed by atoms with Gasteiger partial charge in [-0.15, -0.1) is 0 Å². The number of carbonyl (C=O) groups excluding carboxylic acids is 2. The van der Waals surface area contributed by atoms with Crippen LogP contribution in [0.4, 0.5) is 25.1 Å². The van der Waals surface area contributed by atoms with Crippen molar-refractivity contribution in [2.24, 2.45) is 12.5 Å². The topological polar surface area (TPSA) is 197 Å². The van der Waals surface area contributed by atoms with Crippen molar-refractivity contribution in [1.82, 2.24) is 33.9 Å². The Morgan fingerprint density at radius 2 is 1.70 bits per heavy atom. The van der Waals surface area contributed by atoms with Crippen molar-refractivity contribution in [3.8, 4) is 17.6 Å². The van der Waals surface area contributed by atoms with Crippen molar-refractivity contribution >= 4 is 55.5 Å². The molecule has 1 spiro atoms. The number of nitriles is 1. The number of methoxy groups -OCH3 is 1. The summed E-state index contributed by atoms with van der Waals surface area (Å²) in [6, 6.07) is 11.8. The molecule has 2 aliphatic carbocycles. The fourth-order valence-corrected chi connectivity index (χ4v) is 12.2. The number of imide groups is 1. The highest BCUT2D eigenvalue weighted by Crippen LogP contribution is 2.55. The van der Waals surface area contributed by atoms with Crippen LogP contribution in [0.5, 0.6) is 11.5 Å². The number of ether oxygens (including phenoxy) is 2. The number of fused-ring (bicyclic) bond motifs is 2. The zero-order valence-electron chi connectivity index (χ0n) is 36.6. The monoisotopic (exact) mass is 924 g/mol. The van der Waals surface area contributed by atoms with Crippen LogP contribution in [0.1, 0.15) is 87.3 Å². The number of benzene rings is 3. The molecule has 0 bridgehead atoms. The molecule has 3 saturated heterocycles. The van der Waals surface area contributed by atoms with Gasteiger partial charge in [-0.05, 0) is 130 Å². The maximum Gasteiger partial charge on any atom is 0.329 e. The Kier molecular flexibility index (Phi) is 11.3. The van der Waals surface area contributed by atoms with Crippen LogP contribution in [0.2, 0.25) is 0 Å². The number of piperidine rings is 1. The first-order valence-corrected chi connectivity index (χ1v) is 23.9. The maximum atomic E-state index is 15.8. The third kappa shape index (κ3) is 7.94. The molecular formula is C46H50F2N10O7S. The molecule has 346 valence electrons. The van der Waals surface area contributed by atoms with E-state index in [1.54, 1.807) is 28.7 Å². The Hall–Kier alpha value is -6.01. The summed E-state index contributed by atoms with van der Waals surface area (Å²) in [5.74, 6) is -1.51. The van der Waals surface area contributed by atoms with E-state index in [1.165, 1.54) is 40.6 Å². The Labute approximate surface area is 379 Å². The highest BCUT2D eigenvalue weighted by atomic mass is 32.2. The lowest BCUT2D eigenvalue weighted by Crippen LogP contribution is -2.51. The van der Waals surface area contributed by atoms with Gasteiger partial charge in [-0.2, -0.15) is 23.1 Å². The standard InChI is InChI=1S/C46H50F2N10O7S/c1-54-40-21-32(37(48)20-34(40)43(52-54)57-16-12-41(59)51-45(57)61)27-3-5-28(6-4-27)55-17-13-46(14-18-55)22-29(23-46)58-26-50-38-9-7-30(19-33(38)44(58)60)65-42-35(24-49)39(10-8-36(42)47)53-66(62,63)56-15-11-31(25-56)64-2/h7-10,19-21,26-29,31,53H,3-6,11-18,22-23,25H2,1-2H3,(H,51,59,61)/t27?,28?,31-/m0/s1. The van der Waals surface area contributed by atoms with Gasteiger partial charge in [0.05, 0.1) is 34.5 Å². The van der Waals surface area contributed by atoms with E-state index in [-0.39, 0.29) is 89.2 Å². The van der Waals surface area contributed by atoms with Crippen LogP contribution >= 0.6 is 0 Å². The van der Waals surface area contributed by atoms with Crippen LogP contribution in [0.3, 0.4) is 0 Å². The fourth-order valence-electron chi connectivity index (χ4n) is 10.9. The molecule has 0 unspecified atom stereocenters. The molecule has 66 heavy (non-hydrogen) atoms. The SMILES string of the molecule is CO[C@H]1CCN(S(=O)(=O)Nc2ccc(F)c(Oc3ccc4ncn(C5CC6(CCN(C7CCC(c8cc9c(cc8F)c(N8CCC(=O)NC8=O)nn9C)CC7)CC6)C5)c(=O)c4c3)c2C#N)C1. The molecule has 3 aromatic carbocycles. The highest BCUT2D eigenvalue weighted by molar-refractivity contribution is 7.90. The van der Waals surface area contributed by atoms with Gasteiger partial charge in [0, 0.05) is 57.7 Å². The summed E-state index contributed by atoms with van der Waals surface area (Å²) in [5.41, 5.74) is 1.22. The number of hydrogen-bond acceptors (Lipinski definition) is 11. The quantitative estimate of drug-likeness (QED) is 0.162. The summed E-state index contributed by atoms with van der Waals surface area (Å²) < 4.78 is 75.5. The Morgan fingerprint density at radius 3 is 2.41 bits per heavy atom. The molecule has 10 rings (SSSR count). The van der Waals surface area contributed by atoms with Gasteiger partial charge in [-0.25, -0.2) is 18.6 Å². The molecule has 2 aromatic heterocycles. The minimum Gasteiger partial charge on any atom is -0.453 e. The van der Waals surface area contributed by atoms with Gasteiger partial charge in [0.2, 0.25) is 5.91 Å². The van der Waals surface area contributed by atoms with Crippen LogP contribution < -0.4 is 25.2 Å². The highest BCUT2D eigenvalue weighted by Gasteiger charge is 2.48. The van der Waals surface area contributed by atoms with Crippen LogP contribution in [0, 0.1) is 28.4 Å². The van der Waals surface area contributed by atoms with Crippen LogP contribution in [0.15, 0.2) is 53.6 Å². The van der Waals surface area contributed by atoms with E-state index in [0.29, 0.717) is 34.7 Å². The summed E-state index contributed by atoms with van der Waals surface area (Å²) in [7, 11) is -0.797. The first-order valence-electron chi connectivity index (χ1n) is 22.5. The molecule has 5 heterocycles. The smallest absolute Gasteiger partial charge is 0.329 e. The second-order valence-electron chi connectivity index (χ2n) is 18.5. The molecule has 17 nitrogen and oxygen atoms in total. The average Bonchev–Trinajstić information content (AvgIpc) is 3.92. The molecule has 5 fully saturated rings. The number of nitrogens with one attached hydrogen (secondary N) is 2. The lowest BCUT2D eigenvalue weighted by molar-refractivity contribution is -0.120. The first-order chi connectivity index (χ1) is 31.7. The molecule has 5 aliphatic rings. The number of aromatic nitrogens is 4. The number of nitrogens with zero attached hydrogens (tertiary/aromatic N) is 8. The average molecular weight is 925 g/mol. The lowest BCUT2D eigenvalue weighted by Gasteiger charge is -2.54. The summed E-state index contributed by atoms with van der Waals surface area (Å²) in [6.45, 7) is 2.47. The number of rotatable bonds is 10. The summed E-state index contributed by atoms with van der Waals surface area (Å²) in [4.78, 5) is 46.7. The Morgan fingerprint density at radius 1 is 0.924 bits per heavy atom. The number of anilines is 2. The third-order valence-electron chi connectivity index (χ3n) is 14.7. The van der Waals surface area contributed by atoms with Crippen LogP contribution in [-0.4, -0.2) is 101 Å². The minimum absolute atomic E-state index is 0.0352. The summed E-state index contributed by atoms with van der Waals surface area (Å²) in [5, 5.41) is 17.7. The zero-order valence-corrected chi connectivity index (χ0v) is 37.5. The van der Waals surface area contributed by atoms with E-state index in [4.69, 9.17) is 9.47 Å². The van der Waals surface area contributed by atoms with Crippen molar-refractivity contribution in [3.05, 3.63) is 81.9 Å². The van der Waals surface area contributed by atoms with Crippen molar-refractivity contribution in [3.63, 3.8) is 0 Å². The van der Waals surface area contributed by atoms with Crippen molar-refractivity contribution in [2.45, 2.75) is 88.3 Å². The first kappa shape index (κ1) is 43.9. The van der Waals surface area contributed by atoms with Gasteiger partial charge in [-0.1, -0.05) is 0 Å². The van der Waals surface area contributed by atoms with Crippen LogP contribution in [-0.2, 0) is 26.8 Å². The molecule has 3 amide bonds. The van der Waals surface area contributed by atoms with Gasteiger partial charge in [0.25, 0.3) is 5.56 Å². The van der Waals surface area contributed by atoms with Crippen molar-refractivity contribution < 1.29 is 36.3 Å². The number of halogens is 2. The maximum absolute atomic E-state index is 15.8. The second-order valence-corrected chi connectivity index (χ2v) is 20.1. The van der Waals surface area contributed by atoms with E-state index >= 15 is 8.78 Å². The number of hydrogen-bond donors (Lipinski definition) is 2. The molecule has 2 saturated carbocycles. The third-order valence-corrected chi connectivity index (χ3v) is 16.2. The lowest BCUT2D eigenvalue weighted by atomic mass is 9.60. The summed E-state index contributed by atoms with van der Waals surface area (Å²) >= 11 is 0. The number of aryl methyl sites for hydroxylation is 1. The Bertz CT molecular complexity index is 2990. The number of carbonyl (C=O) groups is 2. The second kappa shape index (κ2) is 17.0. The van der Waals surface area contributed by atoms with Crippen molar-refractivity contribution in [2.75, 3.05) is 49.5 Å². The van der Waals surface area contributed by atoms with E-state index in [2.05, 4.69) is 25.0 Å². The van der Waals surface area contributed by atoms with Gasteiger partial charge in [0.15, 0.2) is 17.4 Å². The predicted molar refractivity (Wildman–Crippen MR) is 239 cm³/mol. The number of urea groups is 1. The normalized spacial score (nSPS) is 23.0. The predicted octanol–water partition coefficient (Wildman–Crippen LogP) is 6.19. The zero-order chi connectivity index (χ0) is 46.1. The Balaban J connectivity index is 0.760. The summed E-state index contributed by atoms with van der Waals surface area (Å²) in [6.07, 6.45) is 9.36. The van der Waals surface area contributed by atoms with Gasteiger partial charge >= 0.3 is 16.2 Å². The van der Waals surface area contributed by atoms with Gasteiger partial charge in [0.1, 0.15) is 23.2 Å². The van der Waals surface area contributed by atoms with E-state index < -0.39 is 27.8 Å². The molecule has 1 atom stereocenters.